The van der Waals surface area contributed by atoms with Crippen molar-refractivity contribution in [2.24, 2.45) is 0 Å². The Morgan fingerprint density at radius 1 is 0.938 bits per heavy atom. The normalized spacial score (nSPS) is 37.6. The first-order chi connectivity index (χ1) is 7.64. The lowest BCUT2D eigenvalue weighted by atomic mass is 9.58. The number of fused-ring (bicyclic) bond motifs is 3. The van der Waals surface area contributed by atoms with E-state index >= 15 is 0 Å². The van der Waals surface area contributed by atoms with Crippen molar-refractivity contribution in [3.63, 3.8) is 0 Å². The summed E-state index contributed by atoms with van der Waals surface area (Å²) in [5.41, 5.74) is 1.14. The Labute approximate surface area is 110 Å². The molecule has 0 N–H and O–H groups in total. The molecule has 2 heteroatoms. The van der Waals surface area contributed by atoms with E-state index in [9.17, 15) is 4.39 Å². The lowest BCUT2D eigenvalue weighted by Crippen LogP contribution is -2.45. The molecule has 0 heterocycles. The number of benzene rings is 1. The Balaban J connectivity index is 1.99. The minimum Gasteiger partial charge on any atom is -0.207 e. The first-order valence-electron chi connectivity index (χ1n) is 6.08. The summed E-state index contributed by atoms with van der Waals surface area (Å²) in [4.78, 5) is 0. The second-order valence-electron chi connectivity index (χ2n) is 5.41. The zero-order valence-electron chi connectivity index (χ0n) is 9.31. The van der Waals surface area contributed by atoms with Gasteiger partial charge in [-0.2, -0.15) is 0 Å². The van der Waals surface area contributed by atoms with Crippen LogP contribution in [0.5, 0.6) is 0 Å². The van der Waals surface area contributed by atoms with E-state index in [-0.39, 0.29) is 11.2 Å². The molecule has 0 aliphatic heterocycles. The van der Waals surface area contributed by atoms with Crippen LogP contribution in [0.15, 0.2) is 24.3 Å². The van der Waals surface area contributed by atoms with Crippen molar-refractivity contribution in [1.82, 2.24) is 0 Å². The Kier molecular flexibility index (Phi) is 2.54. The van der Waals surface area contributed by atoms with Gasteiger partial charge in [0.15, 0.2) is 0 Å². The van der Waals surface area contributed by atoms with Gasteiger partial charge >= 0.3 is 0 Å². The number of rotatable bonds is 1. The van der Waals surface area contributed by atoms with E-state index in [0.29, 0.717) is 3.42 Å². The molecular formula is C14H16FI. The maximum atomic E-state index is 13.9. The number of hydrogen-bond acceptors (Lipinski definition) is 0. The summed E-state index contributed by atoms with van der Waals surface area (Å²) in [7, 11) is 0. The summed E-state index contributed by atoms with van der Waals surface area (Å²) >= 11 is 2.63. The lowest BCUT2D eigenvalue weighted by molar-refractivity contribution is 0.164. The van der Waals surface area contributed by atoms with E-state index in [1.807, 2.05) is 12.1 Å². The van der Waals surface area contributed by atoms with Gasteiger partial charge in [0.05, 0.1) is 0 Å². The van der Waals surface area contributed by atoms with Crippen LogP contribution in [0.2, 0.25) is 0 Å². The SMILES string of the molecule is Fc1ccccc1C12CCC(I)(CC1)CC2. The van der Waals surface area contributed by atoms with Gasteiger partial charge in [0, 0.05) is 3.42 Å². The predicted octanol–water partition coefficient (Wildman–Crippen LogP) is 4.61. The van der Waals surface area contributed by atoms with Gasteiger partial charge in [0.2, 0.25) is 0 Å². The molecule has 4 rings (SSSR count). The van der Waals surface area contributed by atoms with E-state index in [0.717, 1.165) is 5.56 Å². The van der Waals surface area contributed by atoms with E-state index in [1.54, 1.807) is 12.1 Å². The molecule has 0 atom stereocenters. The fraction of sp³-hybridized carbons (Fsp3) is 0.571. The molecule has 0 saturated heterocycles. The third-order valence-electron chi connectivity index (χ3n) is 4.60. The van der Waals surface area contributed by atoms with Gasteiger partial charge in [-0.25, -0.2) is 4.39 Å². The zero-order chi connectivity index (χ0) is 11.2. The standard InChI is InChI=1S/C14H16FI/c15-12-4-2-1-3-11(12)13-5-8-14(16,9-6-13)10-7-13/h1-4H,5-10H2. The molecule has 0 nitrogen and oxygen atoms in total. The van der Waals surface area contributed by atoms with Crippen molar-refractivity contribution in [2.45, 2.75) is 47.4 Å². The first-order valence-corrected chi connectivity index (χ1v) is 7.16. The maximum absolute atomic E-state index is 13.9. The number of halogens is 2. The summed E-state index contributed by atoms with van der Waals surface area (Å²) in [6, 6.07) is 7.39. The molecule has 3 saturated carbocycles. The van der Waals surface area contributed by atoms with Crippen LogP contribution in [0.25, 0.3) is 0 Å². The molecule has 0 radical (unpaired) electrons. The number of alkyl halides is 1. The molecule has 3 aliphatic carbocycles. The molecule has 0 amide bonds. The minimum absolute atomic E-state index is 0.00496. The van der Waals surface area contributed by atoms with Gasteiger partial charge in [0.1, 0.15) is 5.82 Å². The minimum atomic E-state index is 0.00496. The van der Waals surface area contributed by atoms with Crippen LogP contribution >= 0.6 is 22.6 Å². The maximum Gasteiger partial charge on any atom is 0.126 e. The van der Waals surface area contributed by atoms with E-state index in [2.05, 4.69) is 22.6 Å². The molecule has 86 valence electrons. The molecule has 16 heavy (non-hydrogen) atoms. The summed E-state index contributed by atoms with van der Waals surface area (Å²) in [6.45, 7) is 0. The fourth-order valence-corrected chi connectivity index (χ4v) is 4.24. The second-order valence-corrected chi connectivity index (χ2v) is 7.70. The molecule has 0 unspecified atom stereocenters. The van der Waals surface area contributed by atoms with Gasteiger partial charge in [-0.05, 0) is 55.6 Å². The lowest BCUT2D eigenvalue weighted by Gasteiger charge is -2.51. The van der Waals surface area contributed by atoms with Crippen molar-refractivity contribution in [1.29, 1.82) is 0 Å². The van der Waals surface area contributed by atoms with E-state index < -0.39 is 0 Å². The average molecular weight is 330 g/mol. The van der Waals surface area contributed by atoms with Gasteiger partial charge in [-0.15, -0.1) is 0 Å². The smallest absolute Gasteiger partial charge is 0.126 e. The van der Waals surface area contributed by atoms with Crippen LogP contribution in [0.4, 0.5) is 4.39 Å². The topological polar surface area (TPSA) is 0 Å². The Hall–Kier alpha value is -0.120. The first kappa shape index (κ1) is 11.0. The van der Waals surface area contributed by atoms with Crippen molar-refractivity contribution < 1.29 is 4.39 Å². The zero-order valence-corrected chi connectivity index (χ0v) is 11.5. The summed E-state index contributed by atoms with van der Waals surface area (Å²) < 4.78 is 14.4. The van der Waals surface area contributed by atoms with Crippen molar-refractivity contribution in [3.05, 3.63) is 35.6 Å². The highest BCUT2D eigenvalue weighted by Gasteiger charge is 2.48. The van der Waals surface area contributed by atoms with Crippen LogP contribution in [-0.4, -0.2) is 3.42 Å². The number of hydrogen-bond donors (Lipinski definition) is 0. The van der Waals surface area contributed by atoms with Crippen LogP contribution < -0.4 is 0 Å². The third kappa shape index (κ3) is 1.60. The summed E-state index contributed by atoms with van der Waals surface area (Å²) in [5.74, 6) is 0.00496. The van der Waals surface area contributed by atoms with Gasteiger partial charge in [0.25, 0.3) is 0 Å². The van der Waals surface area contributed by atoms with Crippen LogP contribution in [0, 0.1) is 5.82 Å². The van der Waals surface area contributed by atoms with Crippen molar-refractivity contribution in [3.8, 4) is 0 Å². The Morgan fingerprint density at radius 2 is 1.50 bits per heavy atom. The molecule has 2 bridgehead atoms. The molecule has 1 aromatic carbocycles. The fourth-order valence-electron chi connectivity index (χ4n) is 3.44. The third-order valence-corrected chi connectivity index (χ3v) is 6.22. The molecular weight excluding hydrogens is 314 g/mol. The van der Waals surface area contributed by atoms with Crippen LogP contribution in [0.1, 0.15) is 44.1 Å². The monoisotopic (exact) mass is 330 g/mol. The Morgan fingerprint density at radius 3 is 2.06 bits per heavy atom. The van der Waals surface area contributed by atoms with Gasteiger partial charge in [-0.1, -0.05) is 40.8 Å². The van der Waals surface area contributed by atoms with Crippen LogP contribution in [0.3, 0.4) is 0 Å². The van der Waals surface area contributed by atoms with Crippen LogP contribution in [-0.2, 0) is 5.41 Å². The van der Waals surface area contributed by atoms with Gasteiger partial charge < -0.3 is 0 Å². The van der Waals surface area contributed by atoms with Crippen molar-refractivity contribution in [2.75, 3.05) is 0 Å². The summed E-state index contributed by atoms with van der Waals surface area (Å²) in [6.07, 6.45) is 7.33. The highest BCUT2D eigenvalue weighted by atomic mass is 127. The second kappa shape index (κ2) is 3.69. The average Bonchev–Trinajstić information content (AvgIpc) is 2.31. The highest BCUT2D eigenvalue weighted by molar-refractivity contribution is 14.1. The highest BCUT2D eigenvalue weighted by Crippen LogP contribution is 2.57. The largest absolute Gasteiger partial charge is 0.207 e. The van der Waals surface area contributed by atoms with Gasteiger partial charge in [-0.3, -0.25) is 0 Å². The molecule has 0 aromatic heterocycles. The predicted molar refractivity (Wildman–Crippen MR) is 72.5 cm³/mol. The molecule has 3 fully saturated rings. The van der Waals surface area contributed by atoms with E-state index in [4.69, 9.17) is 0 Å². The molecule has 3 aliphatic rings. The van der Waals surface area contributed by atoms with Crippen molar-refractivity contribution >= 4 is 22.6 Å². The summed E-state index contributed by atoms with van der Waals surface area (Å²) in [5, 5.41) is 0. The molecule has 0 spiro atoms. The Bertz CT molecular complexity index is 388. The quantitative estimate of drug-likeness (QED) is 0.521. The van der Waals surface area contributed by atoms with E-state index in [1.165, 1.54) is 38.5 Å². The molecule has 1 aromatic rings.